The third kappa shape index (κ3) is 8.06. The Balaban J connectivity index is 0.00000385. The van der Waals surface area contributed by atoms with Gasteiger partial charge < -0.3 is 24.6 Å². The van der Waals surface area contributed by atoms with Gasteiger partial charge in [0.25, 0.3) is 0 Å². The van der Waals surface area contributed by atoms with Crippen LogP contribution in [0.25, 0.3) is 0 Å². The van der Waals surface area contributed by atoms with Crippen LogP contribution < -0.4 is 20.1 Å². The van der Waals surface area contributed by atoms with Gasteiger partial charge in [-0.3, -0.25) is 9.89 Å². The third-order valence-corrected chi connectivity index (χ3v) is 5.81. The van der Waals surface area contributed by atoms with Gasteiger partial charge in [0.1, 0.15) is 17.3 Å². The van der Waals surface area contributed by atoms with E-state index in [1.54, 1.807) is 14.2 Å². The third-order valence-electron chi connectivity index (χ3n) is 5.81. The second-order valence-electron chi connectivity index (χ2n) is 8.25. The van der Waals surface area contributed by atoms with E-state index in [1.165, 1.54) is 11.1 Å². The summed E-state index contributed by atoms with van der Waals surface area (Å²) < 4.78 is 16.1. The van der Waals surface area contributed by atoms with Crippen LogP contribution in [0.3, 0.4) is 0 Å². The molecule has 0 amide bonds. The number of aliphatic imine (C=N–C) groups is 1. The molecule has 1 aromatic heterocycles. The van der Waals surface area contributed by atoms with Gasteiger partial charge >= 0.3 is 0 Å². The van der Waals surface area contributed by atoms with Crippen molar-refractivity contribution in [1.29, 1.82) is 0 Å². The maximum absolute atomic E-state index is 5.40. The van der Waals surface area contributed by atoms with E-state index in [1.807, 2.05) is 19.9 Å². The largest absolute Gasteiger partial charge is 0.497 e. The lowest BCUT2D eigenvalue weighted by Gasteiger charge is -2.19. The van der Waals surface area contributed by atoms with E-state index >= 15 is 0 Å². The summed E-state index contributed by atoms with van der Waals surface area (Å²) in [6.07, 6.45) is 2.99. The number of guanidine groups is 1. The summed E-state index contributed by atoms with van der Waals surface area (Å²) in [5, 5.41) is 11.0. The molecule has 184 valence electrons. The van der Waals surface area contributed by atoms with Gasteiger partial charge in [-0.05, 0) is 57.7 Å². The normalized spacial score (nSPS) is 16.4. The van der Waals surface area contributed by atoms with Crippen LogP contribution in [-0.4, -0.2) is 62.5 Å². The Morgan fingerprint density at radius 3 is 2.55 bits per heavy atom. The molecule has 0 bridgehead atoms. The summed E-state index contributed by atoms with van der Waals surface area (Å²) in [5.41, 5.74) is 3.39. The molecule has 8 nitrogen and oxygen atoms in total. The summed E-state index contributed by atoms with van der Waals surface area (Å²) in [5.74, 6) is 3.45. The van der Waals surface area contributed by atoms with E-state index < -0.39 is 0 Å². The average Bonchev–Trinajstić information content (AvgIpc) is 3.36. The van der Waals surface area contributed by atoms with Crippen LogP contribution in [0.2, 0.25) is 0 Å². The fraction of sp³-hybridized carbons (Fsp3) is 0.583. The van der Waals surface area contributed by atoms with Gasteiger partial charge in [0.2, 0.25) is 0 Å². The van der Waals surface area contributed by atoms with Gasteiger partial charge in [-0.1, -0.05) is 5.16 Å². The number of aryl methyl sites for hydroxylation is 2. The molecule has 1 aliphatic heterocycles. The number of nitrogens with one attached hydrogen (secondary N) is 2. The van der Waals surface area contributed by atoms with Crippen LogP contribution in [0.5, 0.6) is 11.5 Å². The minimum atomic E-state index is 0. The van der Waals surface area contributed by atoms with Crippen molar-refractivity contribution < 1.29 is 14.0 Å². The Hall–Kier alpha value is -2.01. The number of rotatable bonds is 10. The van der Waals surface area contributed by atoms with E-state index in [9.17, 15) is 0 Å². The molecule has 1 saturated heterocycles. The van der Waals surface area contributed by atoms with Crippen molar-refractivity contribution in [2.24, 2.45) is 4.99 Å². The van der Waals surface area contributed by atoms with Gasteiger partial charge in [0.05, 0.1) is 19.9 Å². The number of methoxy groups -OCH3 is 2. The number of nitrogens with zero attached hydrogens (tertiary/aromatic N) is 3. The Bertz CT molecular complexity index is 860. The molecule has 1 aromatic carbocycles. The van der Waals surface area contributed by atoms with Crippen LogP contribution in [0.15, 0.2) is 27.7 Å². The summed E-state index contributed by atoms with van der Waals surface area (Å²) in [6.45, 7) is 10.6. The van der Waals surface area contributed by atoms with Gasteiger partial charge in [-0.15, -0.1) is 24.0 Å². The second-order valence-corrected chi connectivity index (χ2v) is 8.25. The van der Waals surface area contributed by atoms with Crippen molar-refractivity contribution >= 4 is 29.9 Å². The van der Waals surface area contributed by atoms with Gasteiger partial charge in [-0.2, -0.15) is 0 Å². The summed E-state index contributed by atoms with van der Waals surface area (Å²) in [7, 11) is 3.37. The maximum Gasteiger partial charge on any atom is 0.191 e. The quantitative estimate of drug-likeness (QED) is 0.195. The van der Waals surface area contributed by atoms with Gasteiger partial charge in [-0.25, -0.2) is 0 Å². The molecule has 1 aliphatic rings. The molecule has 1 fully saturated rings. The fourth-order valence-electron chi connectivity index (χ4n) is 4.13. The Morgan fingerprint density at radius 1 is 1.21 bits per heavy atom. The topological polar surface area (TPSA) is 84.2 Å². The minimum Gasteiger partial charge on any atom is -0.497 e. The van der Waals surface area contributed by atoms with Crippen molar-refractivity contribution in [1.82, 2.24) is 20.7 Å². The molecule has 0 radical (unpaired) electrons. The maximum atomic E-state index is 5.40. The van der Waals surface area contributed by atoms with E-state index in [4.69, 9.17) is 19.0 Å². The van der Waals surface area contributed by atoms with Crippen LogP contribution in [0, 0.1) is 13.8 Å². The summed E-state index contributed by atoms with van der Waals surface area (Å²) >= 11 is 0. The highest BCUT2D eigenvalue weighted by atomic mass is 127. The van der Waals surface area contributed by atoms with E-state index in [2.05, 4.69) is 39.7 Å². The Labute approximate surface area is 214 Å². The van der Waals surface area contributed by atoms with Crippen LogP contribution in [-0.2, 0) is 13.0 Å². The predicted octanol–water partition coefficient (Wildman–Crippen LogP) is 3.69. The summed E-state index contributed by atoms with van der Waals surface area (Å²) in [6, 6.07) is 6.44. The molecule has 1 atom stereocenters. The van der Waals surface area contributed by atoms with Crippen molar-refractivity contribution in [3.05, 3.63) is 40.8 Å². The second kappa shape index (κ2) is 13.6. The first-order valence-electron chi connectivity index (χ1n) is 11.4. The first-order chi connectivity index (χ1) is 15.5. The number of hydrogen-bond donors (Lipinski definition) is 2. The van der Waals surface area contributed by atoms with Crippen LogP contribution in [0.1, 0.15) is 42.3 Å². The lowest BCUT2D eigenvalue weighted by atomic mass is 10.1. The molecule has 1 unspecified atom stereocenters. The zero-order chi connectivity index (χ0) is 22.9. The Kier molecular flexibility index (Phi) is 11.3. The zero-order valence-corrected chi connectivity index (χ0v) is 22.8. The first kappa shape index (κ1) is 27.2. The number of likely N-dealkylation sites (tertiary alicyclic amines) is 1. The standard InChI is InChI=1S/C24H37N5O3.HI/c1-6-25-24(26-10-7-8-23-17(2)28-32-18(23)3)27-20-9-11-29(16-20)15-19-12-21(30-4)14-22(13-19)31-5;/h12-14,20H,6-11,15-16H2,1-5H3,(H2,25,26,27);1H. The van der Waals surface area contributed by atoms with E-state index in [0.29, 0.717) is 6.04 Å². The number of ether oxygens (including phenoxy) is 2. The fourth-order valence-corrected chi connectivity index (χ4v) is 4.13. The van der Waals surface area contributed by atoms with E-state index in [-0.39, 0.29) is 24.0 Å². The molecule has 2 heterocycles. The molecular formula is C24H38IN5O3. The smallest absolute Gasteiger partial charge is 0.191 e. The highest BCUT2D eigenvalue weighted by Gasteiger charge is 2.23. The highest BCUT2D eigenvalue weighted by molar-refractivity contribution is 14.0. The number of benzene rings is 1. The average molecular weight is 572 g/mol. The summed E-state index contributed by atoms with van der Waals surface area (Å²) in [4.78, 5) is 7.23. The Morgan fingerprint density at radius 2 is 1.94 bits per heavy atom. The van der Waals surface area contributed by atoms with Crippen LogP contribution >= 0.6 is 24.0 Å². The molecule has 3 rings (SSSR count). The van der Waals surface area contributed by atoms with Crippen molar-refractivity contribution in [3.8, 4) is 11.5 Å². The zero-order valence-electron chi connectivity index (χ0n) is 20.4. The van der Waals surface area contributed by atoms with Crippen molar-refractivity contribution in [2.45, 2.75) is 52.6 Å². The predicted molar refractivity (Wildman–Crippen MR) is 142 cm³/mol. The molecule has 0 spiro atoms. The van der Waals surface area contributed by atoms with Gasteiger partial charge in [0.15, 0.2) is 5.96 Å². The molecular weight excluding hydrogens is 533 g/mol. The molecule has 2 aromatic rings. The number of hydrogen-bond acceptors (Lipinski definition) is 6. The monoisotopic (exact) mass is 571 g/mol. The first-order valence-corrected chi connectivity index (χ1v) is 11.4. The lowest BCUT2D eigenvalue weighted by molar-refractivity contribution is 0.321. The van der Waals surface area contributed by atoms with Gasteiger partial charge in [0, 0.05) is 50.4 Å². The lowest BCUT2D eigenvalue weighted by Crippen LogP contribution is -2.44. The minimum absolute atomic E-state index is 0. The number of halogens is 1. The van der Waals surface area contributed by atoms with E-state index in [0.717, 1.165) is 80.9 Å². The SMILES string of the molecule is CCNC(=NCCCc1c(C)noc1C)NC1CCN(Cc2cc(OC)cc(OC)c2)C1.I. The molecule has 9 heteroatoms. The highest BCUT2D eigenvalue weighted by Crippen LogP contribution is 2.24. The van der Waals surface area contributed by atoms with Crippen molar-refractivity contribution in [3.63, 3.8) is 0 Å². The molecule has 0 saturated carbocycles. The molecule has 0 aliphatic carbocycles. The van der Waals surface area contributed by atoms with Crippen LogP contribution in [0.4, 0.5) is 0 Å². The molecule has 33 heavy (non-hydrogen) atoms. The molecule has 2 N–H and O–H groups in total. The van der Waals surface area contributed by atoms with Crippen molar-refractivity contribution in [2.75, 3.05) is 40.4 Å². The number of aromatic nitrogens is 1.